The molecule has 1 fully saturated rings. The van der Waals surface area contributed by atoms with Crippen LogP contribution in [0.1, 0.15) is 50.5 Å². The van der Waals surface area contributed by atoms with Crippen LogP contribution in [0.25, 0.3) is 0 Å². The molecule has 5 heteroatoms. The summed E-state index contributed by atoms with van der Waals surface area (Å²) in [6.45, 7) is 9.34. The van der Waals surface area contributed by atoms with Gasteiger partial charge in [-0.15, -0.1) is 0 Å². The molecule has 5 nitrogen and oxygen atoms in total. The van der Waals surface area contributed by atoms with Crippen molar-refractivity contribution in [2.75, 3.05) is 13.1 Å². The van der Waals surface area contributed by atoms with E-state index in [1.54, 1.807) is 0 Å². The van der Waals surface area contributed by atoms with Crippen molar-refractivity contribution >= 4 is 5.91 Å². The summed E-state index contributed by atoms with van der Waals surface area (Å²) < 4.78 is 2.14. The first-order chi connectivity index (χ1) is 13.0. The lowest BCUT2D eigenvalue weighted by atomic mass is 9.94. The van der Waals surface area contributed by atoms with Crippen LogP contribution >= 0.6 is 0 Å². The van der Waals surface area contributed by atoms with Gasteiger partial charge in [-0.3, -0.25) is 4.79 Å². The molecule has 0 bridgehead atoms. The minimum Gasteiger partial charge on any atom is -0.349 e. The predicted molar refractivity (Wildman–Crippen MR) is 108 cm³/mol. The van der Waals surface area contributed by atoms with Gasteiger partial charge in [-0.1, -0.05) is 30.3 Å². The molecule has 1 aliphatic rings. The fourth-order valence-electron chi connectivity index (χ4n) is 3.88. The van der Waals surface area contributed by atoms with E-state index in [4.69, 9.17) is 0 Å². The molecule has 1 aromatic heterocycles. The second-order valence-corrected chi connectivity index (χ2v) is 7.83. The summed E-state index contributed by atoms with van der Waals surface area (Å²) in [5.41, 5.74) is 1.17. The third-order valence-corrected chi connectivity index (χ3v) is 5.73. The highest BCUT2D eigenvalue weighted by atomic mass is 16.1. The number of piperidine rings is 1. The quantitative estimate of drug-likeness (QED) is 0.813. The van der Waals surface area contributed by atoms with Crippen LogP contribution in [-0.2, 0) is 11.3 Å². The molecule has 146 valence electrons. The number of hydrogen-bond acceptors (Lipinski definition) is 3. The molecule has 1 N–H and O–H groups in total. The molecule has 0 radical (unpaired) electrons. The lowest BCUT2D eigenvalue weighted by molar-refractivity contribution is -0.127. The number of benzene rings is 1. The number of likely N-dealkylation sites (tertiary alicyclic amines) is 1. The minimum absolute atomic E-state index is 0.0311. The van der Waals surface area contributed by atoms with Crippen molar-refractivity contribution in [2.24, 2.45) is 5.92 Å². The van der Waals surface area contributed by atoms with Crippen LogP contribution in [0.5, 0.6) is 0 Å². The average molecular weight is 369 g/mol. The van der Waals surface area contributed by atoms with Gasteiger partial charge in [-0.05, 0) is 58.7 Å². The second kappa shape index (κ2) is 9.18. The van der Waals surface area contributed by atoms with Gasteiger partial charge in [0, 0.05) is 30.9 Å². The van der Waals surface area contributed by atoms with Gasteiger partial charge in [0.1, 0.15) is 5.82 Å². The Morgan fingerprint density at radius 3 is 2.52 bits per heavy atom. The maximum absolute atomic E-state index is 12.9. The standard InChI is InChI=1S/C22H32N4O/c1-17(2)25-13-9-20(10-14-25)22(27)24-21(19-7-5-4-6-8-19)11-15-26-16-12-23-18(26)3/h4-8,12,16-17,20-21H,9-11,13-15H2,1-3H3,(H,24,27). The third-order valence-electron chi connectivity index (χ3n) is 5.73. The fraction of sp³-hybridized carbons (Fsp3) is 0.545. The van der Waals surface area contributed by atoms with E-state index in [9.17, 15) is 4.79 Å². The predicted octanol–water partition coefficient (Wildman–Crippen LogP) is 3.56. The molecule has 1 atom stereocenters. The number of carbonyl (C=O) groups is 1. The van der Waals surface area contributed by atoms with Crippen LogP contribution < -0.4 is 5.32 Å². The van der Waals surface area contributed by atoms with E-state index in [2.05, 4.69) is 45.7 Å². The molecule has 0 spiro atoms. The Morgan fingerprint density at radius 2 is 1.93 bits per heavy atom. The molecular formula is C22H32N4O. The van der Waals surface area contributed by atoms with E-state index >= 15 is 0 Å². The first-order valence-electron chi connectivity index (χ1n) is 10.1. The number of hydrogen-bond donors (Lipinski definition) is 1. The Bertz CT molecular complexity index is 717. The van der Waals surface area contributed by atoms with Crippen molar-refractivity contribution in [3.05, 3.63) is 54.1 Å². The molecule has 0 saturated carbocycles. The van der Waals surface area contributed by atoms with Crippen LogP contribution in [0.15, 0.2) is 42.7 Å². The summed E-state index contributed by atoms with van der Waals surface area (Å²) in [5.74, 6) is 1.34. The zero-order valence-corrected chi connectivity index (χ0v) is 16.8. The van der Waals surface area contributed by atoms with Crippen molar-refractivity contribution in [1.82, 2.24) is 19.8 Å². The van der Waals surface area contributed by atoms with Gasteiger partial charge in [0.2, 0.25) is 5.91 Å². The monoisotopic (exact) mass is 368 g/mol. The Hall–Kier alpha value is -2.14. The zero-order valence-electron chi connectivity index (χ0n) is 16.8. The van der Waals surface area contributed by atoms with Crippen molar-refractivity contribution < 1.29 is 4.79 Å². The highest BCUT2D eigenvalue weighted by Gasteiger charge is 2.27. The SMILES string of the molecule is Cc1nccn1CCC(NC(=O)C1CCN(C(C)C)CC1)c1ccccc1. The van der Waals surface area contributed by atoms with Crippen molar-refractivity contribution in [2.45, 2.75) is 58.7 Å². The van der Waals surface area contributed by atoms with Crippen LogP contribution in [0, 0.1) is 12.8 Å². The number of imidazole rings is 1. The number of nitrogens with one attached hydrogen (secondary N) is 1. The summed E-state index contributed by atoms with van der Waals surface area (Å²) in [5, 5.41) is 3.34. The summed E-state index contributed by atoms with van der Waals surface area (Å²) in [7, 11) is 0. The largest absolute Gasteiger partial charge is 0.349 e. The van der Waals surface area contributed by atoms with Crippen LogP contribution in [0.4, 0.5) is 0 Å². The fourth-order valence-corrected chi connectivity index (χ4v) is 3.88. The Morgan fingerprint density at radius 1 is 1.22 bits per heavy atom. The smallest absolute Gasteiger partial charge is 0.223 e. The van der Waals surface area contributed by atoms with Crippen LogP contribution in [0.2, 0.25) is 0 Å². The first-order valence-corrected chi connectivity index (χ1v) is 10.1. The highest BCUT2D eigenvalue weighted by molar-refractivity contribution is 5.79. The lowest BCUT2D eigenvalue weighted by Crippen LogP contribution is -2.43. The van der Waals surface area contributed by atoms with Gasteiger partial charge in [0.05, 0.1) is 6.04 Å². The van der Waals surface area contributed by atoms with E-state index in [0.29, 0.717) is 6.04 Å². The van der Waals surface area contributed by atoms with E-state index in [-0.39, 0.29) is 17.9 Å². The Labute approximate surface area is 162 Å². The normalized spacial score (nSPS) is 17.2. The van der Waals surface area contributed by atoms with Crippen LogP contribution in [-0.4, -0.2) is 39.5 Å². The number of aryl methyl sites for hydroxylation is 2. The first kappa shape index (κ1) is 19.6. The summed E-state index contributed by atoms with van der Waals surface area (Å²) >= 11 is 0. The molecule has 2 aromatic rings. The summed E-state index contributed by atoms with van der Waals surface area (Å²) in [6, 6.07) is 10.9. The summed E-state index contributed by atoms with van der Waals surface area (Å²) in [4.78, 5) is 19.7. The molecule has 1 amide bonds. The van der Waals surface area contributed by atoms with Crippen LogP contribution in [0.3, 0.4) is 0 Å². The number of amides is 1. The van der Waals surface area contributed by atoms with Crippen molar-refractivity contribution in [3.8, 4) is 0 Å². The topological polar surface area (TPSA) is 50.2 Å². The number of carbonyl (C=O) groups excluding carboxylic acids is 1. The molecular weight excluding hydrogens is 336 g/mol. The maximum atomic E-state index is 12.9. The van der Waals surface area contributed by atoms with E-state index in [1.165, 1.54) is 5.56 Å². The highest BCUT2D eigenvalue weighted by Crippen LogP contribution is 2.23. The van der Waals surface area contributed by atoms with Gasteiger partial charge < -0.3 is 14.8 Å². The van der Waals surface area contributed by atoms with Gasteiger partial charge in [-0.2, -0.15) is 0 Å². The van der Waals surface area contributed by atoms with Gasteiger partial charge >= 0.3 is 0 Å². The molecule has 1 aliphatic heterocycles. The molecule has 3 rings (SSSR count). The maximum Gasteiger partial charge on any atom is 0.223 e. The Balaban J connectivity index is 1.63. The van der Waals surface area contributed by atoms with E-state index in [1.807, 2.05) is 37.5 Å². The van der Waals surface area contributed by atoms with E-state index in [0.717, 1.165) is 44.7 Å². The lowest BCUT2D eigenvalue weighted by Gasteiger charge is -2.34. The molecule has 1 aromatic carbocycles. The minimum atomic E-state index is 0.0311. The summed E-state index contributed by atoms with van der Waals surface area (Å²) in [6.07, 6.45) is 6.59. The van der Waals surface area contributed by atoms with Gasteiger partial charge in [0.15, 0.2) is 0 Å². The third kappa shape index (κ3) is 5.19. The molecule has 27 heavy (non-hydrogen) atoms. The number of rotatable bonds is 7. The number of nitrogens with zero attached hydrogens (tertiary/aromatic N) is 3. The zero-order chi connectivity index (χ0) is 19.2. The second-order valence-electron chi connectivity index (χ2n) is 7.83. The van der Waals surface area contributed by atoms with Crippen molar-refractivity contribution in [1.29, 1.82) is 0 Å². The molecule has 0 aliphatic carbocycles. The van der Waals surface area contributed by atoms with E-state index < -0.39 is 0 Å². The average Bonchev–Trinajstić information content (AvgIpc) is 3.10. The Kier molecular flexibility index (Phi) is 6.67. The van der Waals surface area contributed by atoms with Gasteiger partial charge in [0.25, 0.3) is 0 Å². The van der Waals surface area contributed by atoms with Crippen molar-refractivity contribution in [3.63, 3.8) is 0 Å². The molecule has 1 saturated heterocycles. The van der Waals surface area contributed by atoms with Gasteiger partial charge in [-0.25, -0.2) is 4.98 Å². The molecule has 2 heterocycles. The number of aromatic nitrogens is 2. The molecule has 1 unspecified atom stereocenters.